The number of carbonyl (C=O) groups excluding carboxylic acids is 1. The van der Waals surface area contributed by atoms with Crippen LogP contribution in [0.5, 0.6) is 0 Å². The summed E-state index contributed by atoms with van der Waals surface area (Å²) in [5.41, 5.74) is 3.86. The van der Waals surface area contributed by atoms with Gasteiger partial charge in [0.25, 0.3) is 0 Å². The summed E-state index contributed by atoms with van der Waals surface area (Å²) in [5.74, 6) is -1.31. The first kappa shape index (κ1) is 27.1. The average Bonchev–Trinajstić information content (AvgIpc) is 2.93. The molecule has 1 N–H and O–H groups in total. The molecule has 0 saturated heterocycles. The van der Waals surface area contributed by atoms with Gasteiger partial charge in [-0.3, -0.25) is 0 Å². The van der Waals surface area contributed by atoms with Gasteiger partial charge < -0.3 is 15.0 Å². The third-order valence-corrected chi connectivity index (χ3v) is 7.74. The van der Waals surface area contributed by atoms with Crippen LogP contribution in [0.1, 0.15) is 29.6 Å². The SMILES string of the molecule is COC(=O)C1=C(Nc2cccc(F)c2)C[C@@H](c2ccc(Br)cc2)N(c2cccc(F)c2)[C@@H]1c1ccc(Br)cc1. The maximum Gasteiger partial charge on any atom is 0.337 e. The molecule has 2 atom stereocenters. The highest BCUT2D eigenvalue weighted by atomic mass is 79.9. The van der Waals surface area contributed by atoms with E-state index in [0.717, 1.165) is 20.1 Å². The molecule has 0 aliphatic carbocycles. The molecule has 0 fully saturated rings. The number of hydrogen-bond donors (Lipinski definition) is 1. The summed E-state index contributed by atoms with van der Waals surface area (Å²) in [6.07, 6.45) is 0.353. The van der Waals surface area contributed by atoms with Crippen molar-refractivity contribution in [2.24, 2.45) is 0 Å². The first-order chi connectivity index (χ1) is 18.8. The molecule has 198 valence electrons. The quantitative estimate of drug-likeness (QED) is 0.211. The molecule has 0 unspecified atom stereocenters. The Hall–Kier alpha value is -3.49. The number of nitrogens with one attached hydrogen (secondary N) is 1. The van der Waals surface area contributed by atoms with Gasteiger partial charge in [0.05, 0.1) is 24.8 Å². The highest BCUT2D eigenvalue weighted by Gasteiger charge is 2.41. The summed E-state index contributed by atoms with van der Waals surface area (Å²) in [4.78, 5) is 15.6. The molecule has 4 nitrogen and oxygen atoms in total. The number of benzene rings is 4. The van der Waals surface area contributed by atoms with E-state index >= 15 is 0 Å². The van der Waals surface area contributed by atoms with E-state index in [1.54, 1.807) is 18.2 Å². The van der Waals surface area contributed by atoms with Gasteiger partial charge >= 0.3 is 5.97 Å². The molecule has 0 aromatic heterocycles. The molecular weight excluding hydrogens is 630 g/mol. The zero-order valence-corrected chi connectivity index (χ0v) is 24.0. The normalized spacial score (nSPS) is 17.2. The monoisotopic (exact) mass is 652 g/mol. The maximum absolute atomic E-state index is 14.6. The number of anilines is 2. The predicted octanol–water partition coefficient (Wildman–Crippen LogP) is 8.72. The highest BCUT2D eigenvalue weighted by Crippen LogP contribution is 2.48. The van der Waals surface area contributed by atoms with Crippen LogP contribution in [0, 0.1) is 11.6 Å². The summed E-state index contributed by atoms with van der Waals surface area (Å²) in [6.45, 7) is 0. The number of methoxy groups -OCH3 is 1. The third-order valence-electron chi connectivity index (χ3n) is 6.68. The van der Waals surface area contributed by atoms with E-state index < -0.39 is 17.8 Å². The largest absolute Gasteiger partial charge is 0.466 e. The lowest BCUT2D eigenvalue weighted by Crippen LogP contribution is -2.41. The lowest BCUT2D eigenvalue weighted by atomic mass is 9.84. The smallest absolute Gasteiger partial charge is 0.337 e. The number of rotatable bonds is 6. The fraction of sp³-hybridized carbons (Fsp3) is 0.129. The van der Waals surface area contributed by atoms with E-state index in [0.29, 0.717) is 29.1 Å². The summed E-state index contributed by atoms with van der Waals surface area (Å²) in [6, 6.07) is 27.0. The van der Waals surface area contributed by atoms with Gasteiger partial charge in [0.15, 0.2) is 0 Å². The van der Waals surface area contributed by atoms with Crippen molar-refractivity contribution in [1.29, 1.82) is 0 Å². The number of halogens is 4. The van der Waals surface area contributed by atoms with Crippen LogP contribution in [0.15, 0.2) is 117 Å². The Morgan fingerprint density at radius 2 is 1.44 bits per heavy atom. The van der Waals surface area contributed by atoms with Gasteiger partial charge in [0.2, 0.25) is 0 Å². The molecule has 1 heterocycles. The molecule has 0 saturated carbocycles. The molecule has 4 aromatic carbocycles. The molecule has 0 bridgehead atoms. The molecule has 0 amide bonds. The Kier molecular flexibility index (Phi) is 8.14. The molecule has 39 heavy (non-hydrogen) atoms. The van der Waals surface area contributed by atoms with Crippen molar-refractivity contribution in [3.63, 3.8) is 0 Å². The van der Waals surface area contributed by atoms with Gasteiger partial charge in [-0.1, -0.05) is 68.3 Å². The van der Waals surface area contributed by atoms with Gasteiger partial charge in [-0.2, -0.15) is 0 Å². The van der Waals surface area contributed by atoms with Gasteiger partial charge in [-0.05, 0) is 71.8 Å². The number of esters is 1. The third kappa shape index (κ3) is 5.92. The van der Waals surface area contributed by atoms with Crippen LogP contribution < -0.4 is 10.2 Å². The van der Waals surface area contributed by atoms with Crippen molar-refractivity contribution in [2.75, 3.05) is 17.3 Å². The van der Waals surface area contributed by atoms with Gasteiger partial charge in [0, 0.05) is 32.4 Å². The molecule has 5 rings (SSSR count). The van der Waals surface area contributed by atoms with Crippen LogP contribution in [0.4, 0.5) is 20.2 Å². The van der Waals surface area contributed by atoms with Crippen LogP contribution >= 0.6 is 31.9 Å². The molecular formula is C31H24Br2F2N2O2. The zero-order valence-electron chi connectivity index (χ0n) is 20.9. The van der Waals surface area contributed by atoms with E-state index in [9.17, 15) is 13.6 Å². The standard InChI is InChI=1S/C31H24Br2F2N2O2/c1-39-31(38)29-27(36-25-6-2-4-23(34)16-25)18-28(19-8-12-21(32)13-9-19)37(26-7-3-5-24(35)17-26)30(29)20-10-14-22(33)15-11-20/h2-17,28,30,36H,18H2,1H3/t28-,30+/m0/s1. The first-order valence-electron chi connectivity index (χ1n) is 12.2. The highest BCUT2D eigenvalue weighted by molar-refractivity contribution is 9.10. The van der Waals surface area contributed by atoms with E-state index in [4.69, 9.17) is 4.74 Å². The summed E-state index contributed by atoms with van der Waals surface area (Å²) in [7, 11) is 1.33. The van der Waals surface area contributed by atoms with Gasteiger partial charge in [0.1, 0.15) is 11.6 Å². The van der Waals surface area contributed by atoms with E-state index in [-0.39, 0.29) is 11.9 Å². The van der Waals surface area contributed by atoms with Gasteiger partial charge in [-0.15, -0.1) is 0 Å². The number of ether oxygens (including phenoxy) is 1. The second kappa shape index (κ2) is 11.7. The van der Waals surface area contributed by atoms with Crippen molar-refractivity contribution in [3.8, 4) is 0 Å². The Balaban J connectivity index is 1.78. The van der Waals surface area contributed by atoms with Crippen molar-refractivity contribution in [2.45, 2.75) is 18.5 Å². The minimum absolute atomic E-state index is 0.307. The van der Waals surface area contributed by atoms with Crippen molar-refractivity contribution >= 4 is 49.2 Å². The first-order valence-corrected chi connectivity index (χ1v) is 13.8. The van der Waals surface area contributed by atoms with E-state index in [1.807, 2.05) is 54.6 Å². The average molecular weight is 654 g/mol. The van der Waals surface area contributed by atoms with Crippen LogP contribution in [0.2, 0.25) is 0 Å². The Bertz CT molecular complexity index is 1520. The van der Waals surface area contributed by atoms with Gasteiger partial charge in [-0.25, -0.2) is 13.6 Å². The van der Waals surface area contributed by atoms with Crippen molar-refractivity contribution < 1.29 is 18.3 Å². The lowest BCUT2D eigenvalue weighted by molar-refractivity contribution is -0.136. The molecule has 8 heteroatoms. The second-order valence-electron chi connectivity index (χ2n) is 9.13. The zero-order chi connectivity index (χ0) is 27.5. The van der Waals surface area contributed by atoms with Crippen LogP contribution in [0.3, 0.4) is 0 Å². The molecule has 4 aromatic rings. The molecule has 0 spiro atoms. The minimum Gasteiger partial charge on any atom is -0.466 e. The number of carbonyl (C=O) groups is 1. The number of hydrogen-bond acceptors (Lipinski definition) is 4. The minimum atomic E-state index is -0.647. The fourth-order valence-corrected chi connectivity index (χ4v) is 5.52. The number of nitrogens with zero attached hydrogens (tertiary/aromatic N) is 1. The van der Waals surface area contributed by atoms with E-state index in [2.05, 4.69) is 42.1 Å². The molecule has 0 radical (unpaired) electrons. The van der Waals surface area contributed by atoms with Crippen molar-refractivity contribution in [3.05, 3.63) is 140 Å². The second-order valence-corrected chi connectivity index (χ2v) is 11.0. The Morgan fingerprint density at radius 1 is 0.846 bits per heavy atom. The fourth-order valence-electron chi connectivity index (χ4n) is 4.99. The van der Waals surface area contributed by atoms with Crippen LogP contribution in [0.25, 0.3) is 0 Å². The summed E-state index contributed by atoms with van der Waals surface area (Å²) < 4.78 is 35.8. The van der Waals surface area contributed by atoms with E-state index in [1.165, 1.54) is 31.4 Å². The topological polar surface area (TPSA) is 41.6 Å². The summed E-state index contributed by atoms with van der Waals surface area (Å²) in [5, 5.41) is 3.31. The predicted molar refractivity (Wildman–Crippen MR) is 156 cm³/mol. The van der Waals surface area contributed by atoms with Crippen LogP contribution in [-0.4, -0.2) is 13.1 Å². The lowest BCUT2D eigenvalue weighted by Gasteiger charge is -2.46. The van der Waals surface area contributed by atoms with Crippen LogP contribution in [-0.2, 0) is 9.53 Å². The molecule has 1 aliphatic heterocycles. The maximum atomic E-state index is 14.6. The van der Waals surface area contributed by atoms with Crippen molar-refractivity contribution in [1.82, 2.24) is 0 Å². The molecule has 1 aliphatic rings. The summed E-state index contributed by atoms with van der Waals surface area (Å²) >= 11 is 7.01. The Labute approximate surface area is 242 Å². The Morgan fingerprint density at radius 3 is 2.03 bits per heavy atom.